The Labute approximate surface area is 99.7 Å². The highest BCUT2D eigenvalue weighted by molar-refractivity contribution is 5.57. The van der Waals surface area contributed by atoms with Crippen LogP contribution in [0.2, 0.25) is 0 Å². The van der Waals surface area contributed by atoms with Crippen molar-refractivity contribution in [2.24, 2.45) is 11.1 Å². The largest absolute Gasteiger partial charge is 0.490 e. The van der Waals surface area contributed by atoms with E-state index in [1.165, 1.54) is 7.11 Å². The van der Waals surface area contributed by atoms with E-state index in [4.69, 9.17) is 10.5 Å². The zero-order valence-corrected chi connectivity index (χ0v) is 10.1. The van der Waals surface area contributed by atoms with Crippen LogP contribution in [0.15, 0.2) is 18.2 Å². The first-order chi connectivity index (χ1) is 7.91. The summed E-state index contributed by atoms with van der Waals surface area (Å²) in [4.78, 5) is 10.7. The minimum Gasteiger partial charge on any atom is -0.490 e. The number of hydrogen-bond acceptors (Lipinski definition) is 4. The zero-order chi connectivity index (χ0) is 12.8. The Morgan fingerprint density at radius 3 is 2.47 bits per heavy atom. The molecular formula is C12H16N2O3. The molecule has 1 saturated carbocycles. The summed E-state index contributed by atoms with van der Waals surface area (Å²) in [5.41, 5.74) is 6.60. The molecule has 0 radical (unpaired) electrons. The van der Waals surface area contributed by atoms with Crippen molar-refractivity contribution in [1.82, 2.24) is 0 Å². The molecule has 0 bridgehead atoms. The number of methoxy groups -OCH3 is 1. The first-order valence-corrected chi connectivity index (χ1v) is 5.48. The molecule has 1 aromatic rings. The van der Waals surface area contributed by atoms with Crippen LogP contribution in [0.3, 0.4) is 0 Å². The third kappa shape index (κ3) is 1.67. The third-order valence-electron chi connectivity index (χ3n) is 3.68. The molecule has 0 heterocycles. The molecule has 1 fully saturated rings. The lowest BCUT2D eigenvalue weighted by molar-refractivity contribution is -0.386. The molecule has 0 spiro atoms. The van der Waals surface area contributed by atoms with Crippen LogP contribution >= 0.6 is 0 Å². The molecule has 0 aliphatic heterocycles. The van der Waals surface area contributed by atoms with Crippen LogP contribution in [0.4, 0.5) is 5.69 Å². The van der Waals surface area contributed by atoms with Gasteiger partial charge in [0, 0.05) is 17.5 Å². The topological polar surface area (TPSA) is 78.4 Å². The van der Waals surface area contributed by atoms with Crippen LogP contribution in [0, 0.1) is 15.5 Å². The van der Waals surface area contributed by atoms with E-state index in [9.17, 15) is 10.1 Å². The predicted octanol–water partition coefficient (Wildman–Crippen LogP) is 2.05. The van der Waals surface area contributed by atoms with Crippen molar-refractivity contribution in [3.8, 4) is 5.75 Å². The molecule has 0 amide bonds. The Morgan fingerprint density at radius 2 is 2.06 bits per heavy atom. The summed E-state index contributed by atoms with van der Waals surface area (Å²) in [5, 5.41) is 11.1. The minimum absolute atomic E-state index is 0.0259. The number of nitrogens with two attached hydrogens (primary N) is 1. The minimum atomic E-state index is -0.394. The van der Waals surface area contributed by atoms with Crippen molar-refractivity contribution in [2.75, 3.05) is 7.11 Å². The van der Waals surface area contributed by atoms with E-state index in [1.54, 1.807) is 18.2 Å². The second kappa shape index (κ2) is 3.70. The normalized spacial score (nSPS) is 25.4. The maximum Gasteiger partial charge on any atom is 0.314 e. The van der Waals surface area contributed by atoms with E-state index in [1.807, 2.05) is 13.8 Å². The summed E-state index contributed by atoms with van der Waals surface area (Å²) in [5.74, 6) is 0.320. The first-order valence-electron chi connectivity index (χ1n) is 5.48. The molecule has 0 unspecified atom stereocenters. The lowest BCUT2D eigenvalue weighted by Crippen LogP contribution is -2.06. The summed E-state index contributed by atoms with van der Waals surface area (Å²) in [6.45, 7) is 4.04. The van der Waals surface area contributed by atoms with Crippen LogP contribution in [-0.2, 0) is 0 Å². The van der Waals surface area contributed by atoms with Crippen LogP contribution in [-0.4, -0.2) is 18.1 Å². The van der Waals surface area contributed by atoms with Gasteiger partial charge in [-0.05, 0) is 11.5 Å². The van der Waals surface area contributed by atoms with E-state index < -0.39 is 4.92 Å². The predicted molar refractivity (Wildman–Crippen MR) is 64.1 cm³/mol. The number of para-hydroxylation sites is 1. The van der Waals surface area contributed by atoms with Crippen molar-refractivity contribution >= 4 is 5.69 Å². The summed E-state index contributed by atoms with van der Waals surface area (Å²) in [6, 6.07) is 5.10. The van der Waals surface area contributed by atoms with E-state index in [0.29, 0.717) is 11.3 Å². The Balaban J connectivity index is 2.52. The molecule has 92 valence electrons. The monoisotopic (exact) mass is 236 g/mol. The van der Waals surface area contributed by atoms with Gasteiger partial charge >= 0.3 is 5.69 Å². The van der Waals surface area contributed by atoms with Gasteiger partial charge in [0.1, 0.15) is 0 Å². The number of ether oxygens (including phenoxy) is 1. The maximum absolute atomic E-state index is 11.1. The van der Waals surface area contributed by atoms with Gasteiger partial charge in [0.2, 0.25) is 0 Å². The number of benzene rings is 1. The Bertz CT molecular complexity index is 471. The molecule has 2 atom stereocenters. The maximum atomic E-state index is 11.1. The van der Waals surface area contributed by atoms with Crippen molar-refractivity contribution in [1.29, 1.82) is 0 Å². The Morgan fingerprint density at radius 1 is 1.47 bits per heavy atom. The molecule has 0 saturated heterocycles. The molecule has 2 N–H and O–H groups in total. The first kappa shape index (κ1) is 11.9. The van der Waals surface area contributed by atoms with Gasteiger partial charge in [-0.25, -0.2) is 0 Å². The SMILES string of the molecule is COc1cccc([C@H]2[C@H](N)C2(C)C)c1[N+](=O)[O-]. The van der Waals surface area contributed by atoms with Crippen LogP contribution in [0.5, 0.6) is 5.75 Å². The Kier molecular flexibility index (Phi) is 2.58. The van der Waals surface area contributed by atoms with Gasteiger partial charge in [0.05, 0.1) is 12.0 Å². The molecule has 5 heteroatoms. The van der Waals surface area contributed by atoms with E-state index in [0.717, 1.165) is 0 Å². The number of nitro benzene ring substituents is 1. The van der Waals surface area contributed by atoms with Crippen LogP contribution < -0.4 is 10.5 Å². The lowest BCUT2D eigenvalue weighted by atomic mass is 10.0. The molecule has 1 aliphatic carbocycles. The highest BCUT2D eigenvalue weighted by Gasteiger charge is 2.58. The fraction of sp³-hybridized carbons (Fsp3) is 0.500. The third-order valence-corrected chi connectivity index (χ3v) is 3.68. The van der Waals surface area contributed by atoms with Gasteiger partial charge in [-0.1, -0.05) is 26.0 Å². The number of nitrogens with zero attached hydrogens (tertiary/aromatic N) is 1. The highest BCUT2D eigenvalue weighted by Crippen LogP contribution is 2.59. The molecular weight excluding hydrogens is 220 g/mol. The number of rotatable bonds is 3. The van der Waals surface area contributed by atoms with Gasteiger partial charge in [0.15, 0.2) is 5.75 Å². The average molecular weight is 236 g/mol. The van der Waals surface area contributed by atoms with Crippen LogP contribution in [0.1, 0.15) is 25.3 Å². The van der Waals surface area contributed by atoms with Gasteiger partial charge in [0.25, 0.3) is 0 Å². The van der Waals surface area contributed by atoms with Crippen molar-refractivity contribution in [3.05, 3.63) is 33.9 Å². The molecule has 2 rings (SSSR count). The number of nitro groups is 1. The smallest absolute Gasteiger partial charge is 0.314 e. The van der Waals surface area contributed by atoms with Gasteiger partial charge in [-0.3, -0.25) is 10.1 Å². The molecule has 1 aliphatic rings. The fourth-order valence-electron chi connectivity index (χ4n) is 2.42. The summed E-state index contributed by atoms with van der Waals surface area (Å²) < 4.78 is 5.05. The standard InChI is InChI=1S/C12H16N2O3/c1-12(2)9(11(12)13)7-5-4-6-8(17-3)10(7)14(15)16/h4-6,9,11H,13H2,1-3H3/t9-,11-/m0/s1. The van der Waals surface area contributed by atoms with Crippen molar-refractivity contribution in [3.63, 3.8) is 0 Å². The second-order valence-corrected chi connectivity index (χ2v) is 4.98. The number of hydrogen-bond donors (Lipinski definition) is 1. The average Bonchev–Trinajstić information content (AvgIpc) is 2.76. The van der Waals surface area contributed by atoms with Crippen LogP contribution in [0.25, 0.3) is 0 Å². The quantitative estimate of drug-likeness (QED) is 0.643. The zero-order valence-electron chi connectivity index (χ0n) is 10.1. The van der Waals surface area contributed by atoms with Gasteiger partial charge in [-0.2, -0.15) is 0 Å². The fourth-order valence-corrected chi connectivity index (χ4v) is 2.42. The van der Waals surface area contributed by atoms with E-state index in [-0.39, 0.29) is 23.1 Å². The summed E-state index contributed by atoms with van der Waals surface area (Å²) in [7, 11) is 1.43. The summed E-state index contributed by atoms with van der Waals surface area (Å²) in [6.07, 6.45) is 0. The highest BCUT2D eigenvalue weighted by atomic mass is 16.6. The molecule has 17 heavy (non-hydrogen) atoms. The van der Waals surface area contributed by atoms with Gasteiger partial charge < -0.3 is 10.5 Å². The van der Waals surface area contributed by atoms with Gasteiger partial charge in [-0.15, -0.1) is 0 Å². The Hall–Kier alpha value is -1.62. The van der Waals surface area contributed by atoms with E-state index in [2.05, 4.69) is 0 Å². The molecule has 1 aromatic carbocycles. The van der Waals surface area contributed by atoms with E-state index >= 15 is 0 Å². The van der Waals surface area contributed by atoms with Crippen molar-refractivity contribution in [2.45, 2.75) is 25.8 Å². The second-order valence-electron chi connectivity index (χ2n) is 4.98. The van der Waals surface area contributed by atoms with Crippen molar-refractivity contribution < 1.29 is 9.66 Å². The lowest BCUT2D eigenvalue weighted by Gasteiger charge is -2.07. The molecule has 5 nitrogen and oxygen atoms in total. The summed E-state index contributed by atoms with van der Waals surface area (Å²) >= 11 is 0. The molecule has 0 aromatic heterocycles.